The molecule has 1 amide bonds. The van der Waals surface area contributed by atoms with Gasteiger partial charge in [0.15, 0.2) is 5.13 Å². The van der Waals surface area contributed by atoms with E-state index >= 15 is 0 Å². The third kappa shape index (κ3) is 6.48. The van der Waals surface area contributed by atoms with Gasteiger partial charge in [0.2, 0.25) is 0 Å². The van der Waals surface area contributed by atoms with Gasteiger partial charge in [-0.1, -0.05) is 81.4 Å². The molecule has 0 aliphatic heterocycles. The second-order valence-corrected chi connectivity index (χ2v) is 16.9. The van der Waals surface area contributed by atoms with E-state index in [1.165, 1.54) is 18.3 Å². The Labute approximate surface area is 239 Å². The van der Waals surface area contributed by atoms with Crippen LogP contribution in [0, 0.1) is 0 Å². The number of pyridine rings is 1. The summed E-state index contributed by atoms with van der Waals surface area (Å²) < 4.78 is 34.6. The number of sulfonamides is 1. The predicted octanol–water partition coefficient (Wildman–Crippen LogP) is 3.61. The van der Waals surface area contributed by atoms with Crippen LogP contribution in [0.2, 0.25) is 5.04 Å². The highest BCUT2D eigenvalue weighted by Crippen LogP contribution is 2.38. The van der Waals surface area contributed by atoms with E-state index in [-0.39, 0.29) is 33.9 Å². The molecule has 2 aromatic heterocycles. The van der Waals surface area contributed by atoms with Gasteiger partial charge in [-0.2, -0.15) is 0 Å². The molecule has 0 aliphatic rings. The van der Waals surface area contributed by atoms with Crippen LogP contribution < -0.4 is 20.4 Å². The number of aromatic nitrogens is 2. The Kier molecular flexibility index (Phi) is 9.16. The van der Waals surface area contributed by atoms with Crippen LogP contribution in [0.3, 0.4) is 0 Å². The molecule has 3 N–H and O–H groups in total. The molecule has 40 heavy (non-hydrogen) atoms. The molecule has 0 fully saturated rings. The van der Waals surface area contributed by atoms with Crippen LogP contribution in [0.4, 0.5) is 10.9 Å². The van der Waals surface area contributed by atoms with Crippen LogP contribution in [0.15, 0.2) is 95.5 Å². The van der Waals surface area contributed by atoms with Gasteiger partial charge in [-0.15, -0.1) is 11.3 Å². The number of hydrogen-bond donors (Lipinski definition) is 3. The monoisotopic (exact) mass is 596 g/mol. The highest BCUT2D eigenvalue weighted by Gasteiger charge is 2.52. The summed E-state index contributed by atoms with van der Waals surface area (Å²) in [7, 11) is -6.96. The van der Waals surface area contributed by atoms with E-state index in [0.717, 1.165) is 27.9 Å². The van der Waals surface area contributed by atoms with Gasteiger partial charge in [0.25, 0.3) is 24.2 Å². The maximum atomic E-state index is 13.6. The largest absolute Gasteiger partial charge is 0.396 e. The number of anilines is 2. The number of benzene rings is 2. The smallest absolute Gasteiger partial charge is 0.265 e. The lowest BCUT2D eigenvalue weighted by atomic mass is 10.2. The minimum absolute atomic E-state index is 0.0700. The van der Waals surface area contributed by atoms with Crippen molar-refractivity contribution in [2.75, 3.05) is 16.6 Å². The molecule has 2 heterocycles. The SMILES string of the molecule is CC(C)(C)[Si](OC(CCO)C(=O)Nc1ccc(S(=O)(=O)Nc2nccs2)cn1)(c1ccccc1)c1ccccc1. The van der Waals surface area contributed by atoms with Gasteiger partial charge in [0, 0.05) is 30.8 Å². The first-order valence-electron chi connectivity index (χ1n) is 12.7. The zero-order valence-electron chi connectivity index (χ0n) is 22.4. The molecule has 2 aromatic carbocycles. The molecule has 0 aliphatic carbocycles. The summed E-state index contributed by atoms with van der Waals surface area (Å²) in [5.74, 6) is -0.321. The van der Waals surface area contributed by atoms with Gasteiger partial charge in [-0.3, -0.25) is 9.52 Å². The fourth-order valence-electron chi connectivity index (χ4n) is 4.53. The average Bonchev–Trinajstić information content (AvgIpc) is 3.44. The first-order valence-corrected chi connectivity index (χ1v) is 16.9. The lowest BCUT2D eigenvalue weighted by Crippen LogP contribution is -2.68. The Morgan fingerprint density at radius 1 is 1.00 bits per heavy atom. The normalized spacial score (nSPS) is 13.0. The van der Waals surface area contributed by atoms with E-state index < -0.39 is 30.4 Å². The Morgan fingerprint density at radius 3 is 2.10 bits per heavy atom. The molecule has 4 aromatic rings. The van der Waals surface area contributed by atoms with Gasteiger partial charge in [-0.05, 0) is 27.5 Å². The molecule has 210 valence electrons. The predicted molar refractivity (Wildman–Crippen MR) is 160 cm³/mol. The first kappa shape index (κ1) is 29.6. The Morgan fingerprint density at radius 2 is 1.62 bits per heavy atom. The molecule has 4 rings (SSSR count). The zero-order chi connectivity index (χ0) is 28.8. The number of rotatable bonds is 11. The Bertz CT molecular complexity index is 1460. The lowest BCUT2D eigenvalue weighted by Gasteiger charge is -2.44. The molecule has 0 spiro atoms. The summed E-state index contributed by atoms with van der Waals surface area (Å²) in [5.41, 5.74) is 0. The average molecular weight is 597 g/mol. The number of nitrogens with zero attached hydrogens (tertiary/aromatic N) is 2. The fourth-order valence-corrected chi connectivity index (χ4v) is 10.9. The molecular formula is C28H32N4O5S2Si. The third-order valence-corrected chi connectivity index (χ3v) is 13.6. The van der Waals surface area contributed by atoms with Gasteiger partial charge >= 0.3 is 0 Å². The minimum Gasteiger partial charge on any atom is -0.396 e. The number of amides is 1. The maximum Gasteiger partial charge on any atom is 0.265 e. The minimum atomic E-state index is -3.88. The van der Waals surface area contributed by atoms with Crippen LogP contribution in [0.25, 0.3) is 0 Å². The second-order valence-electron chi connectivity index (χ2n) is 10.1. The summed E-state index contributed by atoms with van der Waals surface area (Å²) in [6.45, 7) is 6.05. The highest BCUT2D eigenvalue weighted by atomic mass is 32.2. The maximum absolute atomic E-state index is 13.6. The van der Waals surface area contributed by atoms with Crippen LogP contribution in [0.1, 0.15) is 27.2 Å². The number of nitrogens with one attached hydrogen (secondary N) is 2. The van der Waals surface area contributed by atoms with Crippen molar-refractivity contribution in [1.82, 2.24) is 9.97 Å². The Hall–Kier alpha value is -3.42. The van der Waals surface area contributed by atoms with E-state index in [1.807, 2.05) is 60.7 Å². The summed E-state index contributed by atoms with van der Waals surface area (Å²) in [6.07, 6.45) is 1.74. The number of hydrogen-bond acceptors (Lipinski definition) is 8. The van der Waals surface area contributed by atoms with Crippen molar-refractivity contribution in [2.45, 2.75) is 43.2 Å². The van der Waals surface area contributed by atoms with Gasteiger partial charge in [-0.25, -0.2) is 18.4 Å². The van der Waals surface area contributed by atoms with E-state index in [0.29, 0.717) is 0 Å². The number of aliphatic hydroxyl groups is 1. The number of carbonyl (C=O) groups is 1. The molecule has 12 heteroatoms. The molecule has 0 radical (unpaired) electrons. The highest BCUT2D eigenvalue weighted by molar-refractivity contribution is 7.93. The van der Waals surface area contributed by atoms with Crippen molar-refractivity contribution in [3.8, 4) is 0 Å². The molecule has 0 saturated heterocycles. The fraction of sp³-hybridized carbons (Fsp3) is 0.250. The second kappa shape index (κ2) is 12.4. The molecule has 1 atom stereocenters. The van der Waals surface area contributed by atoms with Crippen molar-refractivity contribution in [3.05, 3.63) is 90.6 Å². The van der Waals surface area contributed by atoms with E-state index in [2.05, 4.69) is 40.8 Å². The first-order chi connectivity index (χ1) is 19.1. The quantitative estimate of drug-likeness (QED) is 0.226. The standard InChI is InChI=1S/C28H32N4O5S2Si/c1-28(2,3)40(22-10-6-4-7-11-22,23-12-8-5-9-13-23)37-24(16-18-33)26(34)31-25-15-14-21(20-30-25)39(35,36)32-27-29-17-19-38-27/h4-15,17,19-20,24,33H,16,18H2,1-3H3,(H,29,32)(H,30,31,34). The van der Waals surface area contributed by atoms with E-state index in [1.54, 1.807) is 5.38 Å². The van der Waals surface area contributed by atoms with Crippen LogP contribution in [-0.4, -0.2) is 50.4 Å². The molecule has 0 saturated carbocycles. The zero-order valence-corrected chi connectivity index (χ0v) is 25.1. The van der Waals surface area contributed by atoms with Crippen LogP contribution >= 0.6 is 11.3 Å². The summed E-state index contributed by atoms with van der Waals surface area (Å²) in [5, 5.41) is 16.2. The molecule has 9 nitrogen and oxygen atoms in total. The van der Waals surface area contributed by atoms with Crippen molar-refractivity contribution >= 4 is 56.9 Å². The summed E-state index contributed by atoms with van der Waals surface area (Å²) in [4.78, 5) is 21.6. The number of thiazole rings is 1. The lowest BCUT2D eigenvalue weighted by molar-refractivity contribution is -0.123. The number of aliphatic hydroxyl groups excluding tert-OH is 1. The Balaban J connectivity index is 1.62. The third-order valence-electron chi connectivity index (χ3n) is 6.37. The molecule has 0 bridgehead atoms. The van der Waals surface area contributed by atoms with Gasteiger partial charge in [0.1, 0.15) is 16.8 Å². The topological polar surface area (TPSA) is 131 Å². The number of carbonyl (C=O) groups excluding carboxylic acids is 1. The van der Waals surface area contributed by atoms with Crippen molar-refractivity contribution < 1.29 is 22.7 Å². The van der Waals surface area contributed by atoms with E-state index in [9.17, 15) is 18.3 Å². The molecular weight excluding hydrogens is 565 g/mol. The summed E-state index contributed by atoms with van der Waals surface area (Å²) in [6, 6.07) is 22.6. The summed E-state index contributed by atoms with van der Waals surface area (Å²) >= 11 is 1.16. The van der Waals surface area contributed by atoms with Gasteiger partial charge in [0.05, 0.1) is 0 Å². The van der Waals surface area contributed by atoms with Crippen molar-refractivity contribution in [1.29, 1.82) is 0 Å². The van der Waals surface area contributed by atoms with Crippen LogP contribution in [-0.2, 0) is 19.2 Å². The van der Waals surface area contributed by atoms with Crippen LogP contribution in [0.5, 0.6) is 0 Å². The van der Waals surface area contributed by atoms with Crippen molar-refractivity contribution in [2.24, 2.45) is 0 Å². The van der Waals surface area contributed by atoms with Crippen molar-refractivity contribution in [3.63, 3.8) is 0 Å². The molecule has 1 unspecified atom stereocenters. The van der Waals surface area contributed by atoms with Gasteiger partial charge < -0.3 is 14.8 Å². The van der Waals surface area contributed by atoms with E-state index in [4.69, 9.17) is 4.43 Å².